The van der Waals surface area contributed by atoms with E-state index in [0.29, 0.717) is 5.75 Å². The Labute approximate surface area is 116 Å². The van der Waals surface area contributed by atoms with Gasteiger partial charge in [0, 0.05) is 12.6 Å². The van der Waals surface area contributed by atoms with Crippen LogP contribution in [0.1, 0.15) is 10.4 Å². The van der Waals surface area contributed by atoms with Gasteiger partial charge < -0.3 is 9.47 Å². The topological polar surface area (TPSA) is 90.0 Å². The van der Waals surface area contributed by atoms with Gasteiger partial charge in [0.25, 0.3) is 0 Å². The number of ether oxygens (including phenoxy) is 2. The smallest absolute Gasteiger partial charge is 0.332 e. The average molecular weight is 299 g/mol. The summed E-state index contributed by atoms with van der Waals surface area (Å²) in [5.74, 6) is -1.22. The van der Waals surface area contributed by atoms with Crippen LogP contribution in [0.15, 0.2) is 23.1 Å². The van der Waals surface area contributed by atoms with Gasteiger partial charge in [0.2, 0.25) is 10.0 Å². The summed E-state index contributed by atoms with van der Waals surface area (Å²) in [4.78, 5) is 23.8. The summed E-state index contributed by atoms with van der Waals surface area (Å²) in [6, 6.07) is 2.52. The zero-order valence-corrected chi connectivity index (χ0v) is 11.9. The van der Waals surface area contributed by atoms with Crippen molar-refractivity contribution in [2.75, 3.05) is 21.3 Å². The van der Waals surface area contributed by atoms with E-state index >= 15 is 0 Å². The Morgan fingerprint density at radius 3 is 2.50 bits per heavy atom. The molecule has 1 aliphatic heterocycles. The lowest BCUT2D eigenvalue weighted by Crippen LogP contribution is -2.51. The van der Waals surface area contributed by atoms with Crippen LogP contribution in [-0.2, 0) is 19.6 Å². The van der Waals surface area contributed by atoms with Gasteiger partial charge in [0.15, 0.2) is 11.8 Å². The molecule has 1 atom stereocenters. The molecule has 0 fully saturated rings. The van der Waals surface area contributed by atoms with Crippen molar-refractivity contribution in [2.24, 2.45) is 0 Å². The van der Waals surface area contributed by atoms with E-state index in [-0.39, 0.29) is 10.5 Å². The molecule has 1 aromatic carbocycles. The largest absolute Gasteiger partial charge is 0.497 e. The number of benzene rings is 1. The minimum Gasteiger partial charge on any atom is -0.497 e. The highest BCUT2D eigenvalue weighted by Crippen LogP contribution is 2.31. The Balaban J connectivity index is 2.69. The molecule has 0 spiro atoms. The Bertz CT molecular complexity index is 681. The number of carbonyl (C=O) groups excluding carboxylic acids is 2. The summed E-state index contributed by atoms with van der Waals surface area (Å²) in [5, 5.41) is 0. The van der Waals surface area contributed by atoms with Gasteiger partial charge in [-0.1, -0.05) is 0 Å². The number of hydrogen-bond acceptors (Lipinski definition) is 6. The molecule has 20 heavy (non-hydrogen) atoms. The zero-order valence-electron chi connectivity index (χ0n) is 11.1. The number of ketones is 1. The molecule has 8 heteroatoms. The van der Waals surface area contributed by atoms with Crippen LogP contribution in [0.3, 0.4) is 0 Å². The highest BCUT2D eigenvalue weighted by Gasteiger charge is 2.46. The molecule has 0 saturated heterocycles. The van der Waals surface area contributed by atoms with E-state index < -0.39 is 27.8 Å². The van der Waals surface area contributed by atoms with Gasteiger partial charge in [-0.25, -0.2) is 13.2 Å². The number of sulfonamides is 1. The van der Waals surface area contributed by atoms with Crippen molar-refractivity contribution >= 4 is 21.8 Å². The summed E-state index contributed by atoms with van der Waals surface area (Å²) in [7, 11) is -0.268. The van der Waals surface area contributed by atoms with Crippen molar-refractivity contribution in [1.29, 1.82) is 0 Å². The highest BCUT2D eigenvalue weighted by molar-refractivity contribution is 7.89. The van der Waals surface area contributed by atoms with Crippen LogP contribution >= 0.6 is 0 Å². The highest BCUT2D eigenvalue weighted by atomic mass is 32.2. The first-order valence-corrected chi connectivity index (χ1v) is 7.06. The fourth-order valence-corrected chi connectivity index (χ4v) is 3.47. The predicted molar refractivity (Wildman–Crippen MR) is 68.1 cm³/mol. The molecule has 0 N–H and O–H groups in total. The first kappa shape index (κ1) is 14.5. The Morgan fingerprint density at radius 1 is 1.30 bits per heavy atom. The fourth-order valence-electron chi connectivity index (χ4n) is 2.03. The third-order valence-corrected chi connectivity index (χ3v) is 5.03. The van der Waals surface area contributed by atoms with Crippen molar-refractivity contribution in [1.82, 2.24) is 4.31 Å². The molecule has 0 radical (unpaired) electrons. The zero-order chi connectivity index (χ0) is 15.1. The normalized spacial score (nSPS) is 21.1. The molecule has 1 aromatic rings. The summed E-state index contributed by atoms with van der Waals surface area (Å²) < 4.78 is 34.8. The maximum absolute atomic E-state index is 12.3. The lowest BCUT2D eigenvalue weighted by Gasteiger charge is -2.30. The summed E-state index contributed by atoms with van der Waals surface area (Å²) >= 11 is 0. The molecule has 1 unspecified atom stereocenters. The summed E-state index contributed by atoms with van der Waals surface area (Å²) in [6.45, 7) is 0. The first-order valence-electron chi connectivity index (χ1n) is 5.62. The predicted octanol–water partition coefficient (Wildman–Crippen LogP) is 0.0536. The van der Waals surface area contributed by atoms with E-state index in [1.54, 1.807) is 0 Å². The Morgan fingerprint density at radius 2 is 1.95 bits per heavy atom. The van der Waals surface area contributed by atoms with Crippen molar-refractivity contribution in [3.8, 4) is 5.75 Å². The number of fused-ring (bicyclic) bond motifs is 1. The van der Waals surface area contributed by atoms with Crippen molar-refractivity contribution in [3.63, 3.8) is 0 Å². The van der Waals surface area contributed by atoms with Gasteiger partial charge in [0.05, 0.1) is 19.1 Å². The fraction of sp³-hybridized carbons (Fsp3) is 0.333. The molecule has 2 rings (SSSR count). The van der Waals surface area contributed by atoms with Crippen molar-refractivity contribution in [3.05, 3.63) is 23.8 Å². The monoisotopic (exact) mass is 299 g/mol. The van der Waals surface area contributed by atoms with Crippen LogP contribution in [0.25, 0.3) is 0 Å². The van der Waals surface area contributed by atoms with Crippen molar-refractivity contribution < 1.29 is 27.5 Å². The van der Waals surface area contributed by atoms with E-state index in [2.05, 4.69) is 4.74 Å². The van der Waals surface area contributed by atoms with E-state index in [1.165, 1.54) is 32.4 Å². The van der Waals surface area contributed by atoms with Crippen LogP contribution in [0.2, 0.25) is 0 Å². The van der Waals surface area contributed by atoms with Gasteiger partial charge in [-0.3, -0.25) is 4.79 Å². The molecule has 0 aliphatic carbocycles. The van der Waals surface area contributed by atoms with Gasteiger partial charge in [-0.2, -0.15) is 4.31 Å². The summed E-state index contributed by atoms with van der Waals surface area (Å²) in [6.07, 6.45) is 0. The SMILES string of the molecule is COC(=O)C1C(=O)c2cc(OC)ccc2S(=O)(=O)N1C. The second-order valence-electron chi connectivity index (χ2n) is 4.17. The Hall–Kier alpha value is -1.93. The average Bonchev–Trinajstić information content (AvgIpc) is 2.44. The number of esters is 1. The Kier molecular flexibility index (Phi) is 3.53. The van der Waals surface area contributed by atoms with E-state index in [0.717, 1.165) is 11.4 Å². The third kappa shape index (κ3) is 1.97. The van der Waals surface area contributed by atoms with E-state index in [4.69, 9.17) is 4.74 Å². The van der Waals surface area contributed by atoms with Crippen LogP contribution in [0.5, 0.6) is 5.75 Å². The lowest BCUT2D eigenvalue weighted by atomic mass is 10.0. The number of nitrogens with zero attached hydrogens (tertiary/aromatic N) is 1. The molecule has 7 nitrogen and oxygen atoms in total. The number of carbonyl (C=O) groups is 2. The minimum absolute atomic E-state index is 0.0714. The van der Waals surface area contributed by atoms with Gasteiger partial charge in [-0.15, -0.1) is 0 Å². The molecule has 0 amide bonds. The second-order valence-corrected chi connectivity index (χ2v) is 6.14. The number of likely N-dealkylation sites (N-methyl/N-ethyl adjacent to an activating group) is 1. The van der Waals surface area contributed by atoms with Crippen LogP contribution in [0.4, 0.5) is 0 Å². The standard InChI is InChI=1S/C12H13NO6S/c1-13-10(12(15)19-3)11(14)8-6-7(18-2)4-5-9(8)20(13,16)17/h4-6,10H,1-3H3. The van der Waals surface area contributed by atoms with Gasteiger partial charge in [0.1, 0.15) is 5.75 Å². The quantitative estimate of drug-likeness (QED) is 0.566. The molecule has 0 saturated carbocycles. The molecule has 1 heterocycles. The minimum atomic E-state index is -3.93. The molecular formula is C12H13NO6S. The van der Waals surface area contributed by atoms with Gasteiger partial charge in [-0.05, 0) is 18.2 Å². The molecule has 1 aliphatic rings. The van der Waals surface area contributed by atoms with Crippen molar-refractivity contribution in [2.45, 2.75) is 10.9 Å². The van der Waals surface area contributed by atoms with Crippen LogP contribution < -0.4 is 4.74 Å². The number of methoxy groups -OCH3 is 2. The third-order valence-electron chi connectivity index (χ3n) is 3.15. The van der Waals surface area contributed by atoms with E-state index in [9.17, 15) is 18.0 Å². The number of rotatable bonds is 2. The molecule has 108 valence electrons. The number of hydrogen-bond donors (Lipinski definition) is 0. The molecule has 0 bridgehead atoms. The summed E-state index contributed by atoms with van der Waals surface area (Å²) in [5.41, 5.74) is -0.0714. The van der Waals surface area contributed by atoms with E-state index in [1.807, 2.05) is 0 Å². The first-order chi connectivity index (χ1) is 9.34. The van der Waals surface area contributed by atoms with Crippen LogP contribution in [-0.4, -0.2) is 51.8 Å². The second kappa shape index (κ2) is 4.88. The van der Waals surface area contributed by atoms with Crippen LogP contribution in [0, 0.1) is 0 Å². The molecule has 0 aromatic heterocycles. The number of Topliss-reactive ketones (excluding diaryl/α,β-unsaturated/α-hetero) is 1. The molecular weight excluding hydrogens is 286 g/mol. The lowest BCUT2D eigenvalue weighted by molar-refractivity contribution is -0.143. The van der Waals surface area contributed by atoms with Gasteiger partial charge >= 0.3 is 5.97 Å². The maximum atomic E-state index is 12.3. The maximum Gasteiger partial charge on any atom is 0.332 e.